The number of rotatable bonds is 12. The van der Waals surface area contributed by atoms with Gasteiger partial charge in [0.15, 0.2) is 11.6 Å². The maximum Gasteiger partial charge on any atom is 0.324 e. The molecule has 2 aliphatic heterocycles. The summed E-state index contributed by atoms with van der Waals surface area (Å²) in [7, 11) is 2.14. The van der Waals surface area contributed by atoms with Crippen molar-refractivity contribution < 1.29 is 18.7 Å². The molecule has 1 saturated carbocycles. The van der Waals surface area contributed by atoms with Crippen LogP contribution < -0.4 is 14.8 Å². The molecule has 1 aliphatic carbocycles. The van der Waals surface area contributed by atoms with E-state index in [1.165, 1.54) is 12.8 Å². The number of carbonyl (C=O) groups excluding carboxylic acids is 2. The van der Waals surface area contributed by atoms with Crippen LogP contribution in [0.25, 0.3) is 0 Å². The molecule has 0 aromatic heterocycles. The molecular weight excluding hydrogens is 443 g/mol. The topological polar surface area (TPSA) is 73.9 Å². The van der Waals surface area contributed by atoms with Crippen molar-refractivity contribution in [2.45, 2.75) is 50.5 Å². The maximum atomic E-state index is 14.4. The van der Waals surface area contributed by atoms with Crippen LogP contribution in [0.1, 0.15) is 50.5 Å². The van der Waals surface area contributed by atoms with Crippen LogP contribution in [-0.2, 0) is 10.3 Å². The summed E-state index contributed by atoms with van der Waals surface area (Å²) in [6.45, 7) is 3.37. The highest BCUT2D eigenvalue weighted by molar-refractivity contribution is 7.97. The fraction of sp³-hybridized carbons (Fsp3) is 0.667. The number of unbranched alkanes of at least 4 members (excludes halogenated alkanes) is 2. The van der Waals surface area contributed by atoms with Gasteiger partial charge < -0.3 is 14.5 Å². The number of imide groups is 1. The van der Waals surface area contributed by atoms with E-state index in [1.807, 2.05) is 12.1 Å². The van der Waals surface area contributed by atoms with Crippen LogP contribution in [0.3, 0.4) is 0 Å². The molecule has 0 atom stereocenters. The Kier molecular flexibility index (Phi) is 8.14. The molecule has 2 N–H and O–H groups in total. The summed E-state index contributed by atoms with van der Waals surface area (Å²) in [5.41, 5.74) is 0.899. The summed E-state index contributed by atoms with van der Waals surface area (Å²) in [5.74, 6) is 1.40. The molecule has 0 spiro atoms. The zero-order valence-electron chi connectivity index (χ0n) is 19.4. The third kappa shape index (κ3) is 6.61. The van der Waals surface area contributed by atoms with Crippen LogP contribution in [0.5, 0.6) is 5.75 Å². The molecule has 3 aliphatic rings. The van der Waals surface area contributed by atoms with Gasteiger partial charge in [-0.05, 0) is 82.3 Å². The average molecular weight is 479 g/mol. The van der Waals surface area contributed by atoms with Crippen LogP contribution in [-0.4, -0.2) is 67.3 Å². The first-order chi connectivity index (χ1) is 15.9. The normalized spacial score (nSPS) is 20.8. The number of halogens is 1. The number of benzene rings is 1. The quantitative estimate of drug-likeness (QED) is 0.272. The summed E-state index contributed by atoms with van der Waals surface area (Å²) in [4.78, 5) is 26.7. The van der Waals surface area contributed by atoms with E-state index in [-0.39, 0.29) is 29.8 Å². The molecule has 182 valence electrons. The molecule has 1 aromatic rings. The van der Waals surface area contributed by atoms with Gasteiger partial charge in [-0.3, -0.25) is 14.8 Å². The van der Waals surface area contributed by atoms with Gasteiger partial charge in [0.05, 0.1) is 12.1 Å². The van der Waals surface area contributed by atoms with Crippen molar-refractivity contribution in [1.29, 1.82) is 0 Å². The largest absolute Gasteiger partial charge is 0.490 e. The smallest absolute Gasteiger partial charge is 0.324 e. The number of ether oxygens (including phenoxy) is 1. The molecule has 1 aromatic carbocycles. The molecule has 0 radical (unpaired) electrons. The molecule has 33 heavy (non-hydrogen) atoms. The monoisotopic (exact) mass is 478 g/mol. The number of urea groups is 1. The van der Waals surface area contributed by atoms with Crippen LogP contribution in [0.15, 0.2) is 18.2 Å². The summed E-state index contributed by atoms with van der Waals surface area (Å²) < 4.78 is 23.9. The summed E-state index contributed by atoms with van der Waals surface area (Å²) in [6.07, 6.45) is 7.19. The molecule has 0 unspecified atom stereocenters. The van der Waals surface area contributed by atoms with E-state index in [0.717, 1.165) is 56.5 Å². The number of amides is 3. The van der Waals surface area contributed by atoms with Gasteiger partial charge >= 0.3 is 6.03 Å². The lowest BCUT2D eigenvalue weighted by Crippen LogP contribution is -2.48. The van der Waals surface area contributed by atoms with Crippen LogP contribution in [0.4, 0.5) is 9.18 Å². The van der Waals surface area contributed by atoms with Gasteiger partial charge in [-0.15, -0.1) is 0 Å². The van der Waals surface area contributed by atoms with E-state index in [9.17, 15) is 14.0 Å². The second-order valence-electron chi connectivity index (χ2n) is 9.57. The van der Waals surface area contributed by atoms with E-state index in [1.54, 1.807) is 22.9 Å². The number of carbonyl (C=O) groups is 2. The lowest BCUT2D eigenvalue weighted by Gasteiger charge is -2.41. The Morgan fingerprint density at radius 2 is 2.00 bits per heavy atom. The zero-order valence-corrected chi connectivity index (χ0v) is 20.2. The maximum absolute atomic E-state index is 14.4. The van der Waals surface area contributed by atoms with Crippen LogP contribution in [0, 0.1) is 11.7 Å². The highest BCUT2D eigenvalue weighted by Crippen LogP contribution is 2.37. The first-order valence-electron chi connectivity index (χ1n) is 12.0. The van der Waals surface area contributed by atoms with E-state index < -0.39 is 0 Å². The highest BCUT2D eigenvalue weighted by Gasteiger charge is 2.36. The lowest BCUT2D eigenvalue weighted by atomic mass is 9.82. The van der Waals surface area contributed by atoms with Crippen molar-refractivity contribution in [3.8, 4) is 5.75 Å². The Bertz CT molecular complexity index is 843. The second kappa shape index (κ2) is 11.1. The van der Waals surface area contributed by atoms with Gasteiger partial charge in [-0.2, -0.15) is 0 Å². The molecule has 2 heterocycles. The first kappa shape index (κ1) is 24.3. The van der Waals surface area contributed by atoms with Gasteiger partial charge in [-0.1, -0.05) is 24.4 Å². The molecular formula is C24H35FN4O3S. The van der Waals surface area contributed by atoms with Gasteiger partial charge in [0.2, 0.25) is 5.91 Å². The van der Waals surface area contributed by atoms with Crippen LogP contribution >= 0.6 is 11.9 Å². The minimum atomic E-state index is -0.288. The summed E-state index contributed by atoms with van der Waals surface area (Å²) >= 11 is 1.73. The van der Waals surface area contributed by atoms with Gasteiger partial charge in [0.1, 0.15) is 6.54 Å². The van der Waals surface area contributed by atoms with Crippen molar-refractivity contribution in [1.82, 2.24) is 19.8 Å². The minimum absolute atomic E-state index is 0.177. The molecule has 0 bridgehead atoms. The predicted molar refractivity (Wildman–Crippen MR) is 128 cm³/mol. The Hall–Kier alpha value is -1.84. The van der Waals surface area contributed by atoms with E-state index in [2.05, 4.69) is 22.0 Å². The third-order valence-corrected chi connectivity index (χ3v) is 7.83. The first-order valence-corrected chi connectivity index (χ1v) is 13.0. The van der Waals surface area contributed by atoms with Gasteiger partial charge in [0, 0.05) is 12.3 Å². The fourth-order valence-electron chi connectivity index (χ4n) is 4.36. The SMILES string of the molecule is CN1CCC(NSCCCCCN2CC(=O)NC2=O)(c2ccc(F)c(OCC3CC3)c2)CC1. The van der Waals surface area contributed by atoms with Gasteiger partial charge in [-0.25, -0.2) is 9.18 Å². The van der Waals surface area contributed by atoms with E-state index in [0.29, 0.717) is 24.8 Å². The molecule has 3 fully saturated rings. The minimum Gasteiger partial charge on any atom is -0.490 e. The van der Waals surface area contributed by atoms with Crippen molar-refractivity contribution in [3.05, 3.63) is 29.6 Å². The second-order valence-corrected chi connectivity index (χ2v) is 10.5. The van der Waals surface area contributed by atoms with Crippen molar-refractivity contribution in [3.63, 3.8) is 0 Å². The molecule has 9 heteroatoms. The highest BCUT2D eigenvalue weighted by atomic mass is 32.2. The average Bonchev–Trinajstić information content (AvgIpc) is 3.57. The predicted octanol–water partition coefficient (Wildman–Crippen LogP) is 3.50. The fourth-order valence-corrected chi connectivity index (χ4v) is 5.41. The Morgan fingerprint density at radius 1 is 1.21 bits per heavy atom. The van der Waals surface area contributed by atoms with Gasteiger partial charge in [0.25, 0.3) is 0 Å². The Morgan fingerprint density at radius 3 is 2.70 bits per heavy atom. The number of nitrogens with one attached hydrogen (secondary N) is 2. The number of nitrogens with zero attached hydrogens (tertiary/aromatic N) is 2. The van der Waals surface area contributed by atoms with E-state index >= 15 is 0 Å². The number of piperidine rings is 1. The lowest BCUT2D eigenvalue weighted by molar-refractivity contribution is -0.118. The standard InChI is InChI=1S/C24H35FN4O3S/c1-28-12-9-24(10-13-28,19-7-8-20(25)21(15-19)32-17-18-5-6-18)27-33-14-4-2-3-11-29-16-22(30)26-23(29)31/h7-8,15,18,27H,2-6,9-14,16-17H2,1H3,(H,26,30,31). The number of hydrogen-bond acceptors (Lipinski definition) is 6. The molecule has 3 amide bonds. The number of hydrogen-bond donors (Lipinski definition) is 2. The van der Waals surface area contributed by atoms with Crippen molar-refractivity contribution >= 4 is 23.9 Å². The Labute approximate surface area is 199 Å². The molecule has 4 rings (SSSR count). The zero-order chi connectivity index (χ0) is 23.3. The summed E-state index contributed by atoms with van der Waals surface area (Å²) in [5, 5.41) is 2.31. The third-order valence-electron chi connectivity index (χ3n) is 6.81. The van der Waals surface area contributed by atoms with Crippen molar-refractivity contribution in [2.24, 2.45) is 5.92 Å². The van der Waals surface area contributed by atoms with Crippen molar-refractivity contribution in [2.75, 3.05) is 45.6 Å². The Balaban J connectivity index is 1.27. The number of likely N-dealkylation sites (tertiary alicyclic amines) is 1. The van der Waals surface area contributed by atoms with E-state index in [4.69, 9.17) is 4.74 Å². The summed E-state index contributed by atoms with van der Waals surface area (Å²) in [6, 6.07) is 5.07. The molecule has 7 nitrogen and oxygen atoms in total. The van der Waals surface area contributed by atoms with Crippen LogP contribution in [0.2, 0.25) is 0 Å². The molecule has 2 saturated heterocycles.